The van der Waals surface area contributed by atoms with Gasteiger partial charge in [0.05, 0.1) is 31.2 Å². The zero-order valence-electron chi connectivity index (χ0n) is 11.7. The van der Waals surface area contributed by atoms with Crippen LogP contribution in [0.25, 0.3) is 0 Å². The molecule has 5 nitrogen and oxygen atoms in total. The van der Waals surface area contributed by atoms with Crippen molar-refractivity contribution >= 4 is 12.1 Å². The molecule has 0 N–H and O–H groups in total. The summed E-state index contributed by atoms with van der Waals surface area (Å²) >= 11 is 0. The molecule has 18 heavy (non-hydrogen) atoms. The minimum atomic E-state index is -1.05. The van der Waals surface area contributed by atoms with Crippen molar-refractivity contribution in [1.82, 2.24) is 0 Å². The van der Waals surface area contributed by atoms with E-state index in [-0.39, 0.29) is 16.4 Å². The summed E-state index contributed by atoms with van der Waals surface area (Å²) in [5.74, 6) is -0.375. The van der Waals surface area contributed by atoms with Crippen molar-refractivity contribution in [2.75, 3.05) is 19.7 Å². The Bertz CT molecular complexity index is 324. The molecule has 0 bridgehead atoms. The van der Waals surface area contributed by atoms with Gasteiger partial charge in [-0.05, 0) is 27.7 Å². The molecule has 1 fully saturated rings. The lowest BCUT2D eigenvalue weighted by Gasteiger charge is -2.51. The Morgan fingerprint density at radius 2 is 1.78 bits per heavy atom. The summed E-state index contributed by atoms with van der Waals surface area (Å²) in [5.41, 5.74) is -0.418. The Morgan fingerprint density at radius 3 is 2.11 bits per heavy atom. The van der Waals surface area contributed by atoms with Gasteiger partial charge >= 0.3 is 5.97 Å². The third kappa shape index (κ3) is 2.66. The zero-order valence-corrected chi connectivity index (χ0v) is 11.7. The molecule has 5 heteroatoms. The first-order valence-electron chi connectivity index (χ1n) is 6.50. The first-order valence-corrected chi connectivity index (χ1v) is 6.50. The average molecular weight is 257 g/mol. The van der Waals surface area contributed by atoms with Crippen molar-refractivity contribution in [3.8, 4) is 0 Å². The van der Waals surface area contributed by atoms with E-state index in [0.717, 1.165) is 0 Å². The molecule has 0 aromatic rings. The molecule has 0 aromatic heterocycles. The Balaban J connectivity index is 2.76. The monoisotopic (exact) mass is 257 g/mol. The Labute approximate surface area is 108 Å². The SMILES string of the molecule is CCOC(=O)C1CC[N+](C(=O)[O-])(C(C)(C)C)CC1. The van der Waals surface area contributed by atoms with Gasteiger partial charge in [0.25, 0.3) is 6.09 Å². The van der Waals surface area contributed by atoms with Crippen LogP contribution in [0.4, 0.5) is 4.79 Å². The number of piperidine rings is 1. The molecule has 1 saturated heterocycles. The van der Waals surface area contributed by atoms with E-state index in [0.29, 0.717) is 32.5 Å². The highest BCUT2D eigenvalue weighted by Gasteiger charge is 2.46. The van der Waals surface area contributed by atoms with Crippen molar-refractivity contribution in [2.45, 2.75) is 46.1 Å². The third-order valence-corrected chi connectivity index (χ3v) is 3.97. The smallest absolute Gasteiger partial charge is 0.309 e. The molecule has 1 aliphatic heterocycles. The molecular formula is C13H23NO4. The van der Waals surface area contributed by atoms with Crippen molar-refractivity contribution in [3.63, 3.8) is 0 Å². The van der Waals surface area contributed by atoms with Crippen LogP contribution >= 0.6 is 0 Å². The van der Waals surface area contributed by atoms with Crippen LogP contribution in [0.2, 0.25) is 0 Å². The standard InChI is InChI=1S/C13H23NO4/c1-5-18-11(15)10-6-8-14(9-7-10,12(16)17)13(2,3)4/h10H,5-9H2,1-4H3. The normalized spacial score (nSPS) is 28.8. The minimum Gasteiger partial charge on any atom is -0.498 e. The van der Waals surface area contributed by atoms with E-state index in [1.165, 1.54) is 0 Å². The van der Waals surface area contributed by atoms with Crippen LogP contribution in [0.1, 0.15) is 40.5 Å². The lowest BCUT2D eigenvalue weighted by atomic mass is 9.90. The highest BCUT2D eigenvalue weighted by molar-refractivity contribution is 5.72. The van der Waals surface area contributed by atoms with E-state index in [2.05, 4.69) is 0 Å². The van der Waals surface area contributed by atoms with Crippen LogP contribution in [-0.2, 0) is 9.53 Å². The van der Waals surface area contributed by atoms with Gasteiger partial charge in [0.15, 0.2) is 0 Å². The quantitative estimate of drug-likeness (QED) is 0.545. The van der Waals surface area contributed by atoms with E-state index >= 15 is 0 Å². The number of rotatable bonds is 2. The number of amides is 1. The highest BCUT2D eigenvalue weighted by Crippen LogP contribution is 2.32. The van der Waals surface area contributed by atoms with E-state index in [1.54, 1.807) is 6.92 Å². The van der Waals surface area contributed by atoms with E-state index in [9.17, 15) is 14.7 Å². The fourth-order valence-corrected chi connectivity index (χ4v) is 2.63. The Kier molecular flexibility index (Phi) is 4.37. The summed E-state index contributed by atoms with van der Waals surface area (Å²) in [4.78, 5) is 23.1. The maximum absolute atomic E-state index is 11.6. The van der Waals surface area contributed by atoms with Gasteiger partial charge in [-0.15, -0.1) is 0 Å². The van der Waals surface area contributed by atoms with Crippen LogP contribution < -0.4 is 5.11 Å². The average Bonchev–Trinajstić information content (AvgIpc) is 2.27. The van der Waals surface area contributed by atoms with Gasteiger partial charge in [0.1, 0.15) is 0 Å². The molecule has 0 saturated carbocycles. The van der Waals surface area contributed by atoms with Gasteiger partial charge < -0.3 is 14.6 Å². The lowest BCUT2D eigenvalue weighted by molar-refractivity contribution is -0.924. The van der Waals surface area contributed by atoms with Gasteiger partial charge in [0, 0.05) is 12.8 Å². The molecule has 104 valence electrons. The number of carbonyl (C=O) groups excluding carboxylic acids is 2. The number of quaternary nitrogens is 1. The summed E-state index contributed by atoms with van der Waals surface area (Å²) < 4.78 is 4.91. The molecule has 1 rings (SSSR count). The number of nitrogens with zero attached hydrogens (tertiary/aromatic N) is 1. The molecule has 0 atom stereocenters. The number of carbonyl (C=O) groups is 2. The van der Waals surface area contributed by atoms with Crippen molar-refractivity contribution in [2.24, 2.45) is 5.92 Å². The number of ether oxygens (including phenoxy) is 1. The molecule has 1 heterocycles. The van der Waals surface area contributed by atoms with Crippen molar-refractivity contribution in [3.05, 3.63) is 0 Å². The van der Waals surface area contributed by atoms with Crippen LogP contribution in [0.5, 0.6) is 0 Å². The maximum atomic E-state index is 11.6. The highest BCUT2D eigenvalue weighted by atomic mass is 16.5. The molecular weight excluding hydrogens is 234 g/mol. The first kappa shape index (κ1) is 15.0. The summed E-state index contributed by atoms with van der Waals surface area (Å²) in [6, 6.07) is 0. The molecule has 0 aliphatic carbocycles. The predicted molar refractivity (Wildman–Crippen MR) is 64.5 cm³/mol. The van der Waals surface area contributed by atoms with Crippen LogP contribution in [0, 0.1) is 5.92 Å². The fraction of sp³-hybridized carbons (Fsp3) is 0.846. The van der Waals surface area contributed by atoms with Crippen LogP contribution in [0.15, 0.2) is 0 Å². The molecule has 0 unspecified atom stereocenters. The Hall–Kier alpha value is -1.10. The van der Waals surface area contributed by atoms with E-state index < -0.39 is 11.6 Å². The predicted octanol–water partition coefficient (Wildman–Crippen LogP) is 0.918. The minimum absolute atomic E-state index is 0.0805. The molecule has 0 spiro atoms. The molecule has 0 aromatic carbocycles. The number of esters is 1. The summed E-state index contributed by atoms with van der Waals surface area (Å²) in [5, 5.41) is 11.5. The second-order valence-electron chi connectivity index (χ2n) is 5.88. The number of hydrogen-bond donors (Lipinski definition) is 0. The van der Waals surface area contributed by atoms with Gasteiger partial charge in [-0.25, -0.2) is 0 Å². The summed E-state index contributed by atoms with van der Waals surface area (Å²) in [7, 11) is 0. The second kappa shape index (κ2) is 5.26. The van der Waals surface area contributed by atoms with Gasteiger partial charge in [-0.1, -0.05) is 0 Å². The molecule has 1 amide bonds. The van der Waals surface area contributed by atoms with Crippen LogP contribution in [-0.4, -0.2) is 41.8 Å². The van der Waals surface area contributed by atoms with E-state index in [4.69, 9.17) is 4.74 Å². The van der Waals surface area contributed by atoms with Gasteiger partial charge in [0.2, 0.25) is 0 Å². The second-order valence-corrected chi connectivity index (χ2v) is 5.88. The van der Waals surface area contributed by atoms with E-state index in [1.807, 2.05) is 20.8 Å². The van der Waals surface area contributed by atoms with Gasteiger partial charge in [-0.3, -0.25) is 9.28 Å². The molecule has 0 radical (unpaired) electrons. The maximum Gasteiger partial charge on any atom is 0.309 e. The zero-order chi connectivity index (χ0) is 14.0. The van der Waals surface area contributed by atoms with Gasteiger partial charge in [-0.2, -0.15) is 0 Å². The number of likely N-dealkylation sites (tertiary alicyclic amines) is 1. The van der Waals surface area contributed by atoms with Crippen molar-refractivity contribution in [1.29, 1.82) is 0 Å². The third-order valence-electron chi connectivity index (χ3n) is 3.97. The summed E-state index contributed by atoms with van der Waals surface area (Å²) in [6.45, 7) is 8.69. The topological polar surface area (TPSA) is 66.4 Å². The molecule has 1 aliphatic rings. The number of hydrogen-bond acceptors (Lipinski definition) is 4. The van der Waals surface area contributed by atoms with Crippen LogP contribution in [0.3, 0.4) is 0 Å². The summed E-state index contributed by atoms with van der Waals surface area (Å²) in [6.07, 6.45) is 0.0403. The Morgan fingerprint density at radius 1 is 1.28 bits per heavy atom. The number of carboxylic acid groups (broad SMARTS) is 1. The largest absolute Gasteiger partial charge is 0.498 e. The fourth-order valence-electron chi connectivity index (χ4n) is 2.63. The lowest BCUT2D eigenvalue weighted by Crippen LogP contribution is -2.70. The van der Waals surface area contributed by atoms with Crippen molar-refractivity contribution < 1.29 is 23.9 Å². The first-order chi connectivity index (χ1) is 8.24.